The second kappa shape index (κ2) is 5.57. The zero-order chi connectivity index (χ0) is 15.8. The summed E-state index contributed by atoms with van der Waals surface area (Å²) in [6.07, 6.45) is 2.52. The highest BCUT2D eigenvalue weighted by atomic mass is 32.2. The molecule has 116 valence electrons. The molecule has 0 bridgehead atoms. The minimum atomic E-state index is -4.02. The van der Waals surface area contributed by atoms with E-state index in [2.05, 4.69) is 4.72 Å². The first-order chi connectivity index (χ1) is 9.72. The molecule has 1 aromatic heterocycles. The number of nitrogens with one attached hydrogen (secondary N) is 1. The quantitative estimate of drug-likeness (QED) is 0.760. The van der Waals surface area contributed by atoms with Crippen molar-refractivity contribution in [1.29, 1.82) is 0 Å². The van der Waals surface area contributed by atoms with E-state index in [0.29, 0.717) is 25.7 Å². The minimum absolute atomic E-state index is 0.114. The highest BCUT2D eigenvalue weighted by Crippen LogP contribution is 2.16. The zero-order valence-electron chi connectivity index (χ0n) is 11.8. The van der Waals surface area contributed by atoms with Crippen LogP contribution in [0.4, 0.5) is 0 Å². The zero-order valence-corrected chi connectivity index (χ0v) is 12.6. The van der Waals surface area contributed by atoms with E-state index in [1.165, 1.54) is 14.1 Å². The summed E-state index contributed by atoms with van der Waals surface area (Å²) in [6, 6.07) is -0.366. The highest BCUT2D eigenvalue weighted by Gasteiger charge is 2.27. The van der Waals surface area contributed by atoms with Crippen molar-refractivity contribution < 1.29 is 13.2 Å². The van der Waals surface area contributed by atoms with Crippen LogP contribution in [-0.4, -0.2) is 29.4 Å². The van der Waals surface area contributed by atoms with Crippen molar-refractivity contribution >= 4 is 15.8 Å². The lowest BCUT2D eigenvalue weighted by Crippen LogP contribution is -2.44. The Morgan fingerprint density at radius 2 is 1.71 bits per heavy atom. The van der Waals surface area contributed by atoms with Gasteiger partial charge in [-0.05, 0) is 12.8 Å². The molecule has 8 nitrogen and oxygen atoms in total. The Kier molecular flexibility index (Phi) is 4.15. The number of nitrogens with zero attached hydrogens (tertiary/aromatic N) is 2. The first kappa shape index (κ1) is 15.6. The normalized spacial score (nSPS) is 17.1. The average Bonchev–Trinajstić information content (AvgIpc) is 2.42. The van der Waals surface area contributed by atoms with Crippen molar-refractivity contribution in [1.82, 2.24) is 13.9 Å². The Bertz CT molecular complexity index is 780. The van der Waals surface area contributed by atoms with E-state index in [1.54, 1.807) is 0 Å². The van der Waals surface area contributed by atoms with E-state index >= 15 is 0 Å². The Morgan fingerprint density at radius 3 is 2.29 bits per heavy atom. The number of carbonyl (C=O) groups is 1. The molecular weight excluding hydrogens is 298 g/mol. The molecule has 1 heterocycles. The maximum atomic E-state index is 12.3. The predicted octanol–water partition coefficient (Wildman–Crippen LogP) is -1.13. The second-order valence-corrected chi connectivity index (χ2v) is 6.87. The van der Waals surface area contributed by atoms with E-state index in [0.717, 1.165) is 15.3 Å². The smallest absolute Gasteiger partial charge is 0.302 e. The first-order valence-corrected chi connectivity index (χ1v) is 8.01. The average molecular weight is 315 g/mol. The summed E-state index contributed by atoms with van der Waals surface area (Å²) < 4.78 is 28.8. The van der Waals surface area contributed by atoms with Crippen LogP contribution in [-0.2, 0) is 28.9 Å². The number of hydrogen-bond donors (Lipinski definition) is 1. The fraction of sp³-hybridized carbons (Fsp3) is 0.583. The van der Waals surface area contributed by atoms with Gasteiger partial charge in [0.1, 0.15) is 5.78 Å². The van der Waals surface area contributed by atoms with Crippen molar-refractivity contribution in [2.75, 3.05) is 0 Å². The van der Waals surface area contributed by atoms with Crippen molar-refractivity contribution in [3.05, 3.63) is 27.0 Å². The van der Waals surface area contributed by atoms with Crippen molar-refractivity contribution in [2.24, 2.45) is 14.1 Å². The Morgan fingerprint density at radius 1 is 1.14 bits per heavy atom. The van der Waals surface area contributed by atoms with Gasteiger partial charge >= 0.3 is 5.69 Å². The predicted molar refractivity (Wildman–Crippen MR) is 74.5 cm³/mol. The SMILES string of the molecule is Cn1cc(S(=O)(=O)NC2CCC(=O)CC2)c(=O)n(C)c1=O. The van der Waals surface area contributed by atoms with Gasteiger partial charge in [-0.1, -0.05) is 0 Å². The maximum Gasteiger partial charge on any atom is 0.330 e. The maximum absolute atomic E-state index is 12.3. The van der Waals surface area contributed by atoms with Gasteiger partial charge in [-0.25, -0.2) is 17.9 Å². The van der Waals surface area contributed by atoms with Crippen LogP contribution in [0.15, 0.2) is 20.7 Å². The summed E-state index contributed by atoms with van der Waals surface area (Å²) in [5.41, 5.74) is -1.46. The molecule has 1 N–H and O–H groups in total. The fourth-order valence-electron chi connectivity index (χ4n) is 2.30. The van der Waals surface area contributed by atoms with Crippen LogP contribution in [0.5, 0.6) is 0 Å². The lowest BCUT2D eigenvalue weighted by atomic mass is 9.95. The molecule has 0 spiro atoms. The van der Waals surface area contributed by atoms with Crippen molar-refractivity contribution in [3.8, 4) is 0 Å². The molecular formula is C12H17N3O5S. The number of ketones is 1. The molecule has 1 saturated carbocycles. The topological polar surface area (TPSA) is 107 Å². The van der Waals surface area contributed by atoms with Gasteiger partial charge in [-0.15, -0.1) is 0 Å². The van der Waals surface area contributed by atoms with Crippen LogP contribution in [0.2, 0.25) is 0 Å². The molecule has 1 fully saturated rings. The van der Waals surface area contributed by atoms with Gasteiger partial charge in [0.15, 0.2) is 4.90 Å². The lowest BCUT2D eigenvalue weighted by molar-refractivity contribution is -0.120. The van der Waals surface area contributed by atoms with Crippen LogP contribution in [0.1, 0.15) is 25.7 Å². The van der Waals surface area contributed by atoms with E-state index in [9.17, 15) is 22.8 Å². The van der Waals surface area contributed by atoms with Crippen LogP contribution < -0.4 is 16.0 Å². The molecule has 2 rings (SSSR count). The number of rotatable bonds is 3. The van der Waals surface area contributed by atoms with Gasteiger partial charge in [0.2, 0.25) is 10.0 Å². The first-order valence-electron chi connectivity index (χ1n) is 6.53. The Hall–Kier alpha value is -1.74. The number of Topliss-reactive ketones (excluding diaryl/α,β-unsaturated/α-hetero) is 1. The molecule has 21 heavy (non-hydrogen) atoms. The molecule has 0 aromatic carbocycles. The minimum Gasteiger partial charge on any atom is -0.302 e. The summed E-state index contributed by atoms with van der Waals surface area (Å²) in [7, 11) is -1.42. The summed E-state index contributed by atoms with van der Waals surface area (Å²) in [6.45, 7) is 0. The number of aryl methyl sites for hydroxylation is 1. The third kappa shape index (κ3) is 3.13. The summed E-state index contributed by atoms with van der Waals surface area (Å²) >= 11 is 0. The molecule has 9 heteroatoms. The molecule has 1 aliphatic carbocycles. The van der Waals surface area contributed by atoms with Crippen LogP contribution in [0.25, 0.3) is 0 Å². The van der Waals surface area contributed by atoms with Gasteiger partial charge in [0.25, 0.3) is 5.56 Å². The van der Waals surface area contributed by atoms with Crippen LogP contribution >= 0.6 is 0 Å². The molecule has 1 aliphatic rings. The molecule has 0 saturated heterocycles. The van der Waals surface area contributed by atoms with Gasteiger partial charge < -0.3 is 4.57 Å². The largest absolute Gasteiger partial charge is 0.330 e. The van der Waals surface area contributed by atoms with E-state index < -0.39 is 26.2 Å². The standard InChI is InChI=1S/C12H17N3O5S/c1-14-7-10(11(17)15(2)12(14)18)21(19,20)13-8-3-5-9(16)6-4-8/h7-8,13H,3-6H2,1-2H3. The van der Waals surface area contributed by atoms with Gasteiger partial charge in [-0.2, -0.15) is 0 Å². The van der Waals surface area contributed by atoms with E-state index in [-0.39, 0.29) is 11.8 Å². The third-order valence-corrected chi connectivity index (χ3v) is 5.07. The summed E-state index contributed by atoms with van der Waals surface area (Å²) in [5.74, 6) is 0.114. The molecule has 0 atom stereocenters. The highest BCUT2D eigenvalue weighted by molar-refractivity contribution is 7.89. The second-order valence-electron chi connectivity index (χ2n) is 5.19. The van der Waals surface area contributed by atoms with Crippen molar-refractivity contribution in [2.45, 2.75) is 36.6 Å². The monoisotopic (exact) mass is 315 g/mol. The van der Waals surface area contributed by atoms with Crippen molar-refractivity contribution in [3.63, 3.8) is 0 Å². The Labute approximate surface area is 121 Å². The summed E-state index contributed by atoms with van der Waals surface area (Å²) in [4.78, 5) is 34.2. The number of carbonyl (C=O) groups excluding carboxylic acids is 1. The fourth-order valence-corrected chi connectivity index (χ4v) is 3.77. The third-order valence-electron chi connectivity index (χ3n) is 3.57. The lowest BCUT2D eigenvalue weighted by Gasteiger charge is -2.22. The molecule has 0 aliphatic heterocycles. The van der Waals surface area contributed by atoms with E-state index in [4.69, 9.17) is 0 Å². The van der Waals surface area contributed by atoms with Gasteiger partial charge in [-0.3, -0.25) is 14.2 Å². The number of hydrogen-bond acceptors (Lipinski definition) is 5. The van der Waals surface area contributed by atoms with Crippen LogP contribution in [0, 0.1) is 0 Å². The van der Waals surface area contributed by atoms with Crippen LogP contribution in [0.3, 0.4) is 0 Å². The Balaban J connectivity index is 2.35. The summed E-state index contributed by atoms with van der Waals surface area (Å²) in [5, 5.41) is 0. The van der Waals surface area contributed by atoms with Gasteiger partial charge in [0, 0.05) is 39.2 Å². The molecule has 0 amide bonds. The van der Waals surface area contributed by atoms with E-state index in [1.807, 2.05) is 0 Å². The molecule has 1 aromatic rings. The number of aromatic nitrogens is 2. The molecule has 0 radical (unpaired) electrons. The number of sulfonamides is 1. The molecule has 0 unspecified atom stereocenters. The van der Waals surface area contributed by atoms with Gasteiger partial charge in [0.05, 0.1) is 0 Å².